The van der Waals surface area contributed by atoms with E-state index in [-0.39, 0.29) is 5.91 Å². The third-order valence-corrected chi connectivity index (χ3v) is 4.11. The predicted molar refractivity (Wildman–Crippen MR) is 100 cm³/mol. The van der Waals surface area contributed by atoms with Gasteiger partial charge in [0, 0.05) is 43.5 Å². The highest BCUT2D eigenvalue weighted by Crippen LogP contribution is 2.27. The van der Waals surface area contributed by atoms with Crippen LogP contribution in [0.3, 0.4) is 0 Å². The van der Waals surface area contributed by atoms with E-state index < -0.39 is 0 Å². The maximum atomic E-state index is 12.0. The zero-order valence-corrected chi connectivity index (χ0v) is 14.5. The van der Waals surface area contributed by atoms with E-state index in [2.05, 4.69) is 26.7 Å². The maximum absolute atomic E-state index is 12.0. The van der Waals surface area contributed by atoms with Crippen LogP contribution in [-0.4, -0.2) is 22.4 Å². The highest BCUT2D eigenvalue weighted by atomic mass is 16.1. The van der Waals surface area contributed by atoms with E-state index in [1.807, 2.05) is 37.3 Å². The number of rotatable bonds is 6. The van der Waals surface area contributed by atoms with Gasteiger partial charge in [-0.05, 0) is 30.2 Å². The molecule has 130 valence electrons. The average Bonchev–Trinajstić information content (AvgIpc) is 2.67. The van der Waals surface area contributed by atoms with Crippen LogP contribution in [0.25, 0.3) is 10.9 Å². The normalized spacial score (nSPS) is 10.3. The Morgan fingerprint density at radius 3 is 2.81 bits per heavy atom. The number of aryl methyl sites for hydroxylation is 1. The van der Waals surface area contributed by atoms with Crippen molar-refractivity contribution in [2.24, 2.45) is 0 Å². The molecule has 0 aliphatic rings. The molecule has 0 atom stereocenters. The number of nitriles is 1. The standard InChI is InChI=1S/C20H19N5O/c1-14-3-2-4-17-19(14)25-13-16(11-21)20(17)23-10-7-18(26)24-12-15-5-8-22-9-6-15/h2-6,8-9,13H,7,10,12H2,1H3,(H,23,25)(H,24,26). The second kappa shape index (κ2) is 8.08. The molecule has 2 heterocycles. The van der Waals surface area contributed by atoms with Crippen molar-refractivity contribution in [2.75, 3.05) is 11.9 Å². The summed E-state index contributed by atoms with van der Waals surface area (Å²) >= 11 is 0. The number of carbonyl (C=O) groups excluding carboxylic acids is 1. The summed E-state index contributed by atoms with van der Waals surface area (Å²) in [5, 5.41) is 16.3. The molecule has 6 nitrogen and oxygen atoms in total. The van der Waals surface area contributed by atoms with Crippen LogP contribution in [0.5, 0.6) is 0 Å². The number of carbonyl (C=O) groups is 1. The second-order valence-electron chi connectivity index (χ2n) is 5.94. The summed E-state index contributed by atoms with van der Waals surface area (Å²) in [6.07, 6.45) is 5.28. The SMILES string of the molecule is Cc1cccc2c(NCCC(=O)NCc3ccncc3)c(C#N)cnc12. The Balaban J connectivity index is 1.63. The minimum Gasteiger partial charge on any atom is -0.383 e. The van der Waals surface area contributed by atoms with Gasteiger partial charge in [-0.25, -0.2) is 0 Å². The minimum atomic E-state index is -0.0534. The van der Waals surface area contributed by atoms with Gasteiger partial charge in [0.25, 0.3) is 0 Å². The highest BCUT2D eigenvalue weighted by Gasteiger charge is 2.10. The van der Waals surface area contributed by atoms with Crippen LogP contribution >= 0.6 is 0 Å². The number of aromatic nitrogens is 2. The maximum Gasteiger partial charge on any atom is 0.222 e. The summed E-state index contributed by atoms with van der Waals surface area (Å²) < 4.78 is 0. The first-order valence-corrected chi connectivity index (χ1v) is 8.37. The van der Waals surface area contributed by atoms with Gasteiger partial charge in [0.05, 0.1) is 16.8 Å². The number of amides is 1. The summed E-state index contributed by atoms with van der Waals surface area (Å²) in [6.45, 7) is 2.89. The summed E-state index contributed by atoms with van der Waals surface area (Å²) in [4.78, 5) is 20.4. The molecule has 3 aromatic rings. The van der Waals surface area contributed by atoms with Crippen molar-refractivity contribution >= 4 is 22.5 Å². The number of hydrogen-bond donors (Lipinski definition) is 2. The molecular weight excluding hydrogens is 326 g/mol. The molecule has 0 spiro atoms. The molecule has 0 radical (unpaired) electrons. The Morgan fingerprint density at radius 1 is 1.23 bits per heavy atom. The summed E-state index contributed by atoms with van der Waals surface area (Å²) in [6, 6.07) is 11.7. The fourth-order valence-corrected chi connectivity index (χ4v) is 2.74. The minimum absolute atomic E-state index is 0.0534. The van der Waals surface area contributed by atoms with Gasteiger partial charge in [0.1, 0.15) is 6.07 Å². The molecule has 0 aliphatic carbocycles. The van der Waals surface area contributed by atoms with E-state index in [1.165, 1.54) is 0 Å². The van der Waals surface area contributed by atoms with Crippen LogP contribution < -0.4 is 10.6 Å². The van der Waals surface area contributed by atoms with Crippen LogP contribution in [0.15, 0.2) is 48.9 Å². The molecule has 0 saturated heterocycles. The van der Waals surface area contributed by atoms with Crippen LogP contribution in [0.4, 0.5) is 5.69 Å². The predicted octanol–water partition coefficient (Wildman–Crippen LogP) is 2.93. The van der Waals surface area contributed by atoms with Gasteiger partial charge in [-0.2, -0.15) is 5.26 Å². The Kier molecular flexibility index (Phi) is 5.40. The summed E-state index contributed by atoms with van der Waals surface area (Å²) in [7, 11) is 0. The van der Waals surface area contributed by atoms with Gasteiger partial charge >= 0.3 is 0 Å². The number of pyridine rings is 2. The molecule has 2 N–H and O–H groups in total. The molecule has 0 saturated carbocycles. The number of para-hydroxylation sites is 1. The van der Waals surface area contributed by atoms with Crippen LogP contribution in [0.1, 0.15) is 23.1 Å². The third kappa shape index (κ3) is 3.95. The van der Waals surface area contributed by atoms with Gasteiger partial charge in [-0.15, -0.1) is 0 Å². The molecule has 0 fully saturated rings. The highest BCUT2D eigenvalue weighted by molar-refractivity contribution is 5.95. The van der Waals surface area contributed by atoms with E-state index in [0.29, 0.717) is 25.1 Å². The van der Waals surface area contributed by atoms with Crippen molar-refractivity contribution in [3.05, 3.63) is 65.6 Å². The quantitative estimate of drug-likeness (QED) is 0.717. The monoisotopic (exact) mass is 345 g/mol. The molecule has 0 aliphatic heterocycles. The molecule has 0 unspecified atom stereocenters. The van der Waals surface area contributed by atoms with Crippen molar-refractivity contribution in [3.63, 3.8) is 0 Å². The largest absolute Gasteiger partial charge is 0.383 e. The van der Waals surface area contributed by atoms with Crippen molar-refractivity contribution in [1.82, 2.24) is 15.3 Å². The Bertz CT molecular complexity index is 963. The van der Waals surface area contributed by atoms with Crippen molar-refractivity contribution in [3.8, 4) is 6.07 Å². The van der Waals surface area contributed by atoms with Gasteiger partial charge in [-0.3, -0.25) is 14.8 Å². The Morgan fingerprint density at radius 2 is 2.04 bits per heavy atom. The molecule has 1 amide bonds. The van der Waals surface area contributed by atoms with E-state index in [9.17, 15) is 10.1 Å². The van der Waals surface area contributed by atoms with Gasteiger partial charge in [0.15, 0.2) is 0 Å². The van der Waals surface area contributed by atoms with E-state index in [1.54, 1.807) is 18.6 Å². The molecule has 1 aromatic carbocycles. The van der Waals surface area contributed by atoms with E-state index in [0.717, 1.165) is 27.7 Å². The van der Waals surface area contributed by atoms with Gasteiger partial charge < -0.3 is 10.6 Å². The molecule has 0 bridgehead atoms. The van der Waals surface area contributed by atoms with Crippen LogP contribution in [-0.2, 0) is 11.3 Å². The molecule has 3 rings (SSSR count). The fourth-order valence-electron chi connectivity index (χ4n) is 2.74. The molecular formula is C20H19N5O. The van der Waals surface area contributed by atoms with Crippen molar-refractivity contribution in [1.29, 1.82) is 5.26 Å². The topological polar surface area (TPSA) is 90.7 Å². The number of fused-ring (bicyclic) bond motifs is 1. The van der Waals surface area contributed by atoms with Crippen LogP contribution in [0.2, 0.25) is 0 Å². The Hall–Kier alpha value is -3.46. The molecule has 2 aromatic heterocycles. The van der Waals surface area contributed by atoms with Crippen molar-refractivity contribution in [2.45, 2.75) is 19.9 Å². The van der Waals surface area contributed by atoms with E-state index >= 15 is 0 Å². The van der Waals surface area contributed by atoms with Crippen LogP contribution in [0, 0.1) is 18.3 Å². The first-order valence-electron chi connectivity index (χ1n) is 8.37. The van der Waals surface area contributed by atoms with Crippen molar-refractivity contribution < 1.29 is 4.79 Å². The number of benzene rings is 1. The van der Waals surface area contributed by atoms with E-state index in [4.69, 9.17) is 0 Å². The number of nitrogens with zero attached hydrogens (tertiary/aromatic N) is 3. The third-order valence-electron chi connectivity index (χ3n) is 4.11. The van der Waals surface area contributed by atoms with Gasteiger partial charge in [-0.1, -0.05) is 18.2 Å². The number of nitrogens with one attached hydrogen (secondary N) is 2. The average molecular weight is 345 g/mol. The molecule has 6 heteroatoms. The first kappa shape index (κ1) is 17.4. The lowest BCUT2D eigenvalue weighted by atomic mass is 10.1. The fraction of sp³-hybridized carbons (Fsp3) is 0.200. The smallest absolute Gasteiger partial charge is 0.222 e. The summed E-state index contributed by atoms with van der Waals surface area (Å²) in [5.41, 5.74) is 4.10. The lowest BCUT2D eigenvalue weighted by Gasteiger charge is -2.12. The number of hydrogen-bond acceptors (Lipinski definition) is 5. The second-order valence-corrected chi connectivity index (χ2v) is 5.94. The Labute approximate surface area is 151 Å². The lowest BCUT2D eigenvalue weighted by molar-refractivity contribution is -0.121. The zero-order chi connectivity index (χ0) is 18.4. The summed E-state index contributed by atoms with van der Waals surface area (Å²) in [5.74, 6) is -0.0534. The zero-order valence-electron chi connectivity index (χ0n) is 14.5. The van der Waals surface area contributed by atoms with Gasteiger partial charge in [0.2, 0.25) is 5.91 Å². The first-order chi connectivity index (χ1) is 12.7. The molecule has 26 heavy (non-hydrogen) atoms. The lowest BCUT2D eigenvalue weighted by Crippen LogP contribution is -2.25. The number of anilines is 1.